The molecule has 1 unspecified atom stereocenters. The van der Waals surface area contributed by atoms with Crippen LogP contribution in [0, 0.1) is 0 Å². The molecule has 0 spiro atoms. The Bertz CT molecular complexity index is 572. The minimum atomic E-state index is -0.0942. The number of hydrogen-bond donors (Lipinski definition) is 2. The van der Waals surface area contributed by atoms with Crippen LogP contribution in [0.2, 0.25) is 0 Å². The molecule has 104 valence electrons. The van der Waals surface area contributed by atoms with Crippen LogP contribution in [0.3, 0.4) is 0 Å². The predicted molar refractivity (Wildman–Crippen MR) is 77.6 cm³/mol. The first kappa shape index (κ1) is 13.0. The Morgan fingerprint density at radius 3 is 2.80 bits per heavy atom. The quantitative estimate of drug-likeness (QED) is 0.646. The molecule has 3 N–H and O–H groups in total. The Kier molecular flexibility index (Phi) is 3.85. The van der Waals surface area contributed by atoms with Gasteiger partial charge in [-0.15, -0.1) is 0 Å². The maximum absolute atomic E-state index is 5.78. The third-order valence-electron chi connectivity index (χ3n) is 3.48. The van der Waals surface area contributed by atoms with Crippen LogP contribution in [0.15, 0.2) is 48.5 Å². The molecule has 0 saturated heterocycles. The summed E-state index contributed by atoms with van der Waals surface area (Å²) in [5.74, 6) is 7.46. The van der Waals surface area contributed by atoms with E-state index in [4.69, 9.17) is 15.3 Å². The topological polar surface area (TPSA) is 56.5 Å². The van der Waals surface area contributed by atoms with Crippen LogP contribution < -0.4 is 20.7 Å². The molecule has 1 aliphatic heterocycles. The largest absolute Gasteiger partial charge is 0.493 e. The molecule has 0 bridgehead atoms. The number of hydrogen-bond acceptors (Lipinski definition) is 4. The first-order valence-corrected chi connectivity index (χ1v) is 6.77. The van der Waals surface area contributed by atoms with E-state index in [9.17, 15) is 0 Å². The van der Waals surface area contributed by atoms with Crippen molar-refractivity contribution in [3.05, 3.63) is 59.7 Å². The van der Waals surface area contributed by atoms with E-state index in [2.05, 4.69) is 11.5 Å². The zero-order chi connectivity index (χ0) is 13.8. The van der Waals surface area contributed by atoms with Crippen molar-refractivity contribution in [1.82, 2.24) is 5.43 Å². The number of nitrogens with one attached hydrogen (secondary N) is 1. The van der Waals surface area contributed by atoms with Gasteiger partial charge in [0.05, 0.1) is 12.6 Å². The Morgan fingerprint density at radius 2 is 2.00 bits per heavy atom. The molecule has 1 heterocycles. The summed E-state index contributed by atoms with van der Waals surface area (Å²) in [6.07, 6.45) is 0.958. The second-order valence-electron chi connectivity index (χ2n) is 4.78. The zero-order valence-electron chi connectivity index (χ0n) is 11.2. The van der Waals surface area contributed by atoms with Crippen molar-refractivity contribution in [3.63, 3.8) is 0 Å². The van der Waals surface area contributed by atoms with Crippen molar-refractivity contribution in [3.8, 4) is 11.5 Å². The van der Waals surface area contributed by atoms with E-state index in [-0.39, 0.29) is 6.04 Å². The van der Waals surface area contributed by atoms with Gasteiger partial charge in [-0.3, -0.25) is 5.84 Å². The molecule has 0 saturated carbocycles. The fourth-order valence-electron chi connectivity index (χ4n) is 2.44. The van der Waals surface area contributed by atoms with Gasteiger partial charge in [0.25, 0.3) is 0 Å². The molecule has 2 aromatic carbocycles. The van der Waals surface area contributed by atoms with E-state index in [0.29, 0.717) is 6.61 Å². The highest BCUT2D eigenvalue weighted by Crippen LogP contribution is 2.33. The average molecular weight is 270 g/mol. The molecule has 1 aliphatic rings. The predicted octanol–water partition coefficient (Wildman–Crippen LogP) is 2.20. The molecule has 0 radical (unpaired) electrons. The van der Waals surface area contributed by atoms with Crippen molar-refractivity contribution >= 4 is 0 Å². The standard InChI is InChI=1S/C16H18N2O2/c17-18-15(11-20-13-6-2-1-3-7-13)14-8-4-5-12-9-10-19-16(12)14/h1-8,15,18H,9-11,17H2. The number of para-hydroxylation sites is 2. The number of benzene rings is 2. The number of hydrazine groups is 1. The summed E-state index contributed by atoms with van der Waals surface area (Å²) < 4.78 is 11.5. The lowest BCUT2D eigenvalue weighted by atomic mass is 10.0. The van der Waals surface area contributed by atoms with Crippen LogP contribution >= 0.6 is 0 Å². The van der Waals surface area contributed by atoms with Gasteiger partial charge in [0.1, 0.15) is 18.1 Å². The van der Waals surface area contributed by atoms with Crippen LogP contribution in [-0.4, -0.2) is 13.2 Å². The Hall–Kier alpha value is -2.04. The molecule has 0 amide bonds. The lowest BCUT2D eigenvalue weighted by Gasteiger charge is -2.19. The Labute approximate surface area is 118 Å². The molecule has 1 atom stereocenters. The summed E-state index contributed by atoms with van der Waals surface area (Å²) in [6.45, 7) is 1.20. The van der Waals surface area contributed by atoms with Crippen molar-refractivity contribution in [2.24, 2.45) is 5.84 Å². The van der Waals surface area contributed by atoms with Gasteiger partial charge >= 0.3 is 0 Å². The van der Waals surface area contributed by atoms with Crippen molar-refractivity contribution < 1.29 is 9.47 Å². The van der Waals surface area contributed by atoms with Gasteiger partial charge in [0.2, 0.25) is 0 Å². The summed E-state index contributed by atoms with van der Waals surface area (Å²) in [5.41, 5.74) is 5.11. The normalized spacial score (nSPS) is 14.4. The molecule has 4 nitrogen and oxygen atoms in total. The SMILES string of the molecule is NNC(COc1ccccc1)c1cccc2c1OCC2. The molecule has 20 heavy (non-hydrogen) atoms. The molecular weight excluding hydrogens is 252 g/mol. The van der Waals surface area contributed by atoms with E-state index in [1.807, 2.05) is 42.5 Å². The molecule has 3 rings (SSSR count). The van der Waals surface area contributed by atoms with Gasteiger partial charge in [-0.25, -0.2) is 5.43 Å². The van der Waals surface area contributed by atoms with Crippen molar-refractivity contribution in [1.29, 1.82) is 0 Å². The smallest absolute Gasteiger partial charge is 0.127 e. The highest BCUT2D eigenvalue weighted by molar-refractivity contribution is 5.45. The Balaban J connectivity index is 1.75. The Morgan fingerprint density at radius 1 is 1.15 bits per heavy atom. The fraction of sp³-hybridized carbons (Fsp3) is 0.250. The first-order chi connectivity index (χ1) is 9.88. The van der Waals surface area contributed by atoms with E-state index >= 15 is 0 Å². The van der Waals surface area contributed by atoms with E-state index in [0.717, 1.165) is 30.1 Å². The van der Waals surface area contributed by atoms with Crippen molar-refractivity contribution in [2.45, 2.75) is 12.5 Å². The summed E-state index contributed by atoms with van der Waals surface area (Å²) in [5, 5.41) is 0. The van der Waals surface area contributed by atoms with Crippen LogP contribution in [0.4, 0.5) is 0 Å². The summed E-state index contributed by atoms with van der Waals surface area (Å²) in [4.78, 5) is 0. The molecule has 0 aliphatic carbocycles. The van der Waals surface area contributed by atoms with E-state index in [1.54, 1.807) is 0 Å². The van der Waals surface area contributed by atoms with Gasteiger partial charge < -0.3 is 9.47 Å². The minimum Gasteiger partial charge on any atom is -0.493 e. The molecule has 0 aromatic heterocycles. The van der Waals surface area contributed by atoms with Gasteiger partial charge in [0.15, 0.2) is 0 Å². The fourth-order valence-corrected chi connectivity index (χ4v) is 2.44. The summed E-state index contributed by atoms with van der Waals surface area (Å²) in [6, 6.07) is 15.8. The number of fused-ring (bicyclic) bond motifs is 1. The number of rotatable bonds is 5. The zero-order valence-corrected chi connectivity index (χ0v) is 11.2. The summed E-state index contributed by atoms with van der Waals surface area (Å²) in [7, 11) is 0. The molecule has 4 heteroatoms. The van der Waals surface area contributed by atoms with Gasteiger partial charge in [-0.05, 0) is 17.7 Å². The highest BCUT2D eigenvalue weighted by atomic mass is 16.5. The van der Waals surface area contributed by atoms with Gasteiger partial charge in [-0.1, -0.05) is 36.4 Å². The lowest BCUT2D eigenvalue weighted by molar-refractivity contribution is 0.262. The second kappa shape index (κ2) is 5.94. The van der Waals surface area contributed by atoms with Crippen LogP contribution in [0.5, 0.6) is 11.5 Å². The van der Waals surface area contributed by atoms with Gasteiger partial charge in [0, 0.05) is 12.0 Å². The third kappa shape index (κ3) is 2.61. The van der Waals surface area contributed by atoms with Crippen LogP contribution in [0.1, 0.15) is 17.2 Å². The number of nitrogens with two attached hydrogens (primary N) is 1. The average Bonchev–Trinajstić information content (AvgIpc) is 2.98. The molecular formula is C16H18N2O2. The molecule has 2 aromatic rings. The lowest BCUT2D eigenvalue weighted by Crippen LogP contribution is -2.32. The van der Waals surface area contributed by atoms with Crippen LogP contribution in [-0.2, 0) is 6.42 Å². The highest BCUT2D eigenvalue weighted by Gasteiger charge is 2.21. The van der Waals surface area contributed by atoms with Crippen molar-refractivity contribution in [2.75, 3.05) is 13.2 Å². The summed E-state index contributed by atoms with van der Waals surface area (Å²) >= 11 is 0. The maximum Gasteiger partial charge on any atom is 0.127 e. The van der Waals surface area contributed by atoms with Crippen LogP contribution in [0.25, 0.3) is 0 Å². The number of ether oxygens (including phenoxy) is 2. The second-order valence-corrected chi connectivity index (χ2v) is 4.78. The minimum absolute atomic E-state index is 0.0942. The van der Waals surface area contributed by atoms with E-state index < -0.39 is 0 Å². The van der Waals surface area contributed by atoms with Gasteiger partial charge in [-0.2, -0.15) is 0 Å². The third-order valence-corrected chi connectivity index (χ3v) is 3.48. The molecule has 0 fully saturated rings. The monoisotopic (exact) mass is 270 g/mol. The maximum atomic E-state index is 5.78. The van der Waals surface area contributed by atoms with E-state index in [1.165, 1.54) is 5.56 Å². The first-order valence-electron chi connectivity index (χ1n) is 6.77.